The van der Waals surface area contributed by atoms with E-state index in [4.69, 9.17) is 5.73 Å². The first-order valence-electron chi connectivity index (χ1n) is 7.50. The fourth-order valence-electron chi connectivity index (χ4n) is 2.04. The summed E-state index contributed by atoms with van der Waals surface area (Å²) in [6.07, 6.45) is 0.808. The Hall–Kier alpha value is -3.15. The van der Waals surface area contributed by atoms with Crippen molar-refractivity contribution in [2.75, 3.05) is 14.1 Å². The highest BCUT2D eigenvalue weighted by molar-refractivity contribution is 5.99. The standard InChI is InChI=1S/C18H21N5O/c1-23(2)17(16-10-8-15(13-24)9-11-16)21-22-18(19)20-12-14-6-4-3-5-7-14/h3-11,13H,12H2,1-2H3,(H3,19,20,22). The molecule has 0 radical (unpaired) electrons. The first-order valence-corrected chi connectivity index (χ1v) is 7.50. The van der Waals surface area contributed by atoms with Gasteiger partial charge < -0.3 is 10.6 Å². The SMILES string of the molecule is CN(C)C(=NNC(N)=NCc1ccccc1)c1ccc(C=O)cc1. The molecule has 0 aliphatic rings. The zero-order chi connectivity index (χ0) is 17.4. The van der Waals surface area contributed by atoms with E-state index >= 15 is 0 Å². The third kappa shape index (κ3) is 4.95. The quantitative estimate of drug-likeness (QED) is 0.380. The largest absolute Gasteiger partial charge is 0.369 e. The average molecular weight is 323 g/mol. The van der Waals surface area contributed by atoms with E-state index in [9.17, 15) is 4.79 Å². The Morgan fingerprint density at radius 3 is 2.38 bits per heavy atom. The van der Waals surface area contributed by atoms with Crippen LogP contribution in [0.3, 0.4) is 0 Å². The van der Waals surface area contributed by atoms with Crippen LogP contribution in [0.5, 0.6) is 0 Å². The normalized spacial score (nSPS) is 11.9. The third-order valence-corrected chi connectivity index (χ3v) is 3.28. The zero-order valence-electron chi connectivity index (χ0n) is 13.8. The van der Waals surface area contributed by atoms with Crippen LogP contribution in [0.25, 0.3) is 0 Å². The van der Waals surface area contributed by atoms with E-state index in [0.29, 0.717) is 17.9 Å². The molecule has 3 N–H and O–H groups in total. The van der Waals surface area contributed by atoms with E-state index in [1.165, 1.54) is 0 Å². The van der Waals surface area contributed by atoms with E-state index in [0.717, 1.165) is 17.4 Å². The molecule has 0 unspecified atom stereocenters. The van der Waals surface area contributed by atoms with Gasteiger partial charge in [-0.1, -0.05) is 54.6 Å². The lowest BCUT2D eigenvalue weighted by Gasteiger charge is -2.16. The topological polar surface area (TPSA) is 83.1 Å². The number of hydrogen-bond donors (Lipinski definition) is 2. The number of aldehydes is 1. The molecular weight excluding hydrogens is 302 g/mol. The zero-order valence-corrected chi connectivity index (χ0v) is 13.8. The number of aliphatic imine (C=N–C) groups is 1. The summed E-state index contributed by atoms with van der Waals surface area (Å²) in [7, 11) is 3.76. The second-order valence-corrected chi connectivity index (χ2v) is 5.37. The van der Waals surface area contributed by atoms with Gasteiger partial charge in [-0.25, -0.2) is 10.4 Å². The summed E-state index contributed by atoms with van der Waals surface area (Å²) in [6, 6.07) is 17.0. The van der Waals surface area contributed by atoms with Crippen LogP contribution in [0.2, 0.25) is 0 Å². The maximum absolute atomic E-state index is 10.7. The minimum atomic E-state index is 0.239. The number of rotatable bonds is 5. The predicted octanol–water partition coefficient (Wildman–Crippen LogP) is 1.83. The van der Waals surface area contributed by atoms with Crippen molar-refractivity contribution in [3.8, 4) is 0 Å². The summed E-state index contributed by atoms with van der Waals surface area (Å²) >= 11 is 0. The molecule has 0 aliphatic heterocycles. The summed E-state index contributed by atoms with van der Waals surface area (Å²) in [5, 5.41) is 4.31. The van der Waals surface area contributed by atoms with Crippen molar-refractivity contribution in [3.05, 3.63) is 71.3 Å². The van der Waals surface area contributed by atoms with Crippen molar-refractivity contribution in [3.63, 3.8) is 0 Å². The minimum absolute atomic E-state index is 0.239. The number of hydrazone groups is 1. The van der Waals surface area contributed by atoms with E-state index in [-0.39, 0.29) is 5.96 Å². The van der Waals surface area contributed by atoms with Gasteiger partial charge in [0.25, 0.3) is 0 Å². The maximum atomic E-state index is 10.7. The van der Waals surface area contributed by atoms with Gasteiger partial charge in [0.05, 0.1) is 6.54 Å². The van der Waals surface area contributed by atoms with Crippen LogP contribution >= 0.6 is 0 Å². The van der Waals surface area contributed by atoms with Crippen molar-refractivity contribution < 1.29 is 4.79 Å². The molecule has 0 atom stereocenters. The van der Waals surface area contributed by atoms with Crippen LogP contribution in [-0.2, 0) is 6.54 Å². The Kier molecular flexibility index (Phi) is 6.08. The van der Waals surface area contributed by atoms with Crippen molar-refractivity contribution >= 4 is 18.1 Å². The third-order valence-electron chi connectivity index (χ3n) is 3.28. The summed E-state index contributed by atoms with van der Waals surface area (Å²) < 4.78 is 0. The van der Waals surface area contributed by atoms with Gasteiger partial charge in [0.1, 0.15) is 6.29 Å². The van der Waals surface area contributed by atoms with Crippen LogP contribution in [0.15, 0.2) is 64.7 Å². The van der Waals surface area contributed by atoms with Crippen molar-refractivity contribution in [1.82, 2.24) is 10.3 Å². The van der Waals surface area contributed by atoms with Crippen LogP contribution < -0.4 is 11.2 Å². The Morgan fingerprint density at radius 2 is 1.79 bits per heavy atom. The number of carbonyl (C=O) groups excluding carboxylic acids is 1. The molecule has 124 valence electrons. The molecule has 0 heterocycles. The molecule has 0 bridgehead atoms. The molecule has 2 aromatic rings. The number of nitrogens with zero attached hydrogens (tertiary/aromatic N) is 3. The number of benzene rings is 2. The second-order valence-electron chi connectivity index (χ2n) is 5.37. The summed E-state index contributed by atoms with van der Waals surface area (Å²) in [4.78, 5) is 16.9. The summed E-state index contributed by atoms with van der Waals surface area (Å²) in [6.45, 7) is 0.487. The van der Waals surface area contributed by atoms with Gasteiger partial charge >= 0.3 is 0 Å². The van der Waals surface area contributed by atoms with Crippen molar-refractivity contribution in [2.24, 2.45) is 15.8 Å². The Morgan fingerprint density at radius 1 is 1.12 bits per heavy atom. The molecule has 0 amide bonds. The lowest BCUT2D eigenvalue weighted by Crippen LogP contribution is -2.32. The van der Waals surface area contributed by atoms with Crippen LogP contribution in [0, 0.1) is 0 Å². The van der Waals surface area contributed by atoms with Gasteiger partial charge in [-0.05, 0) is 5.56 Å². The van der Waals surface area contributed by atoms with Crippen molar-refractivity contribution in [2.45, 2.75) is 6.54 Å². The fraction of sp³-hybridized carbons (Fsp3) is 0.167. The Balaban J connectivity index is 2.08. The molecule has 6 nitrogen and oxygen atoms in total. The monoisotopic (exact) mass is 323 g/mol. The smallest absolute Gasteiger partial charge is 0.209 e. The molecule has 2 rings (SSSR count). The highest BCUT2D eigenvalue weighted by atomic mass is 16.1. The molecule has 0 aromatic heterocycles. The molecule has 24 heavy (non-hydrogen) atoms. The first-order chi connectivity index (χ1) is 11.6. The predicted molar refractivity (Wildman–Crippen MR) is 97.0 cm³/mol. The average Bonchev–Trinajstić information content (AvgIpc) is 2.61. The molecule has 0 fully saturated rings. The lowest BCUT2D eigenvalue weighted by molar-refractivity contribution is 0.112. The molecule has 0 aliphatic carbocycles. The summed E-state index contributed by atoms with van der Waals surface area (Å²) in [5.74, 6) is 0.924. The van der Waals surface area contributed by atoms with Gasteiger partial charge in [-0.3, -0.25) is 4.79 Å². The van der Waals surface area contributed by atoms with Gasteiger partial charge in [0.15, 0.2) is 5.84 Å². The van der Waals surface area contributed by atoms with E-state index < -0.39 is 0 Å². The Labute approximate surface area is 141 Å². The number of amidine groups is 1. The summed E-state index contributed by atoms with van der Waals surface area (Å²) in [5.41, 5.74) is 11.2. The molecule has 0 spiro atoms. The maximum Gasteiger partial charge on any atom is 0.209 e. The number of carbonyl (C=O) groups is 1. The number of nitrogens with two attached hydrogens (primary N) is 1. The van der Waals surface area contributed by atoms with Crippen LogP contribution in [0.4, 0.5) is 0 Å². The van der Waals surface area contributed by atoms with Gasteiger partial charge in [-0.15, -0.1) is 0 Å². The molecule has 2 aromatic carbocycles. The number of nitrogens with one attached hydrogen (secondary N) is 1. The van der Waals surface area contributed by atoms with Gasteiger partial charge in [0, 0.05) is 25.2 Å². The highest BCUT2D eigenvalue weighted by Gasteiger charge is 2.06. The number of guanidine groups is 1. The van der Waals surface area contributed by atoms with Crippen LogP contribution in [0.1, 0.15) is 21.5 Å². The molecular formula is C18H21N5O. The number of hydrogen-bond acceptors (Lipinski definition) is 3. The Bertz CT molecular complexity index is 721. The lowest BCUT2D eigenvalue weighted by atomic mass is 10.1. The molecule has 6 heteroatoms. The molecule has 0 saturated heterocycles. The fourth-order valence-corrected chi connectivity index (χ4v) is 2.04. The van der Waals surface area contributed by atoms with Gasteiger partial charge in [-0.2, -0.15) is 5.10 Å². The van der Waals surface area contributed by atoms with Crippen molar-refractivity contribution in [1.29, 1.82) is 0 Å². The van der Waals surface area contributed by atoms with Gasteiger partial charge in [0.2, 0.25) is 5.96 Å². The van der Waals surface area contributed by atoms with E-state index in [1.807, 2.05) is 61.5 Å². The highest BCUT2D eigenvalue weighted by Crippen LogP contribution is 2.06. The van der Waals surface area contributed by atoms with E-state index in [2.05, 4.69) is 15.5 Å². The second kappa shape index (κ2) is 8.47. The van der Waals surface area contributed by atoms with Crippen LogP contribution in [-0.4, -0.2) is 37.1 Å². The van der Waals surface area contributed by atoms with E-state index in [1.54, 1.807) is 12.1 Å². The first kappa shape index (κ1) is 17.2. The molecule has 0 saturated carbocycles. The minimum Gasteiger partial charge on any atom is -0.369 e.